The fourth-order valence-electron chi connectivity index (χ4n) is 4.00. The van der Waals surface area contributed by atoms with Crippen molar-refractivity contribution in [2.24, 2.45) is 0 Å². The maximum Gasteiger partial charge on any atom is 0.410 e. The Labute approximate surface area is 161 Å². The molecular formula is C19H20N6O3. The Morgan fingerprint density at radius 2 is 2.04 bits per heavy atom. The van der Waals surface area contributed by atoms with Crippen LogP contribution >= 0.6 is 0 Å². The number of likely N-dealkylation sites (N-methyl/N-ethyl adjacent to an activating group) is 1. The predicted octanol–water partition coefficient (Wildman–Crippen LogP) is 1.83. The van der Waals surface area contributed by atoms with Crippen LogP contribution in [0.15, 0.2) is 36.7 Å². The van der Waals surface area contributed by atoms with Crippen molar-refractivity contribution in [3.05, 3.63) is 36.7 Å². The molecule has 2 fully saturated rings. The summed E-state index contributed by atoms with van der Waals surface area (Å²) in [5.41, 5.74) is 2.93. The van der Waals surface area contributed by atoms with Crippen LogP contribution in [-0.2, 0) is 4.74 Å². The van der Waals surface area contributed by atoms with Crippen LogP contribution in [0, 0.1) is 0 Å². The minimum Gasteiger partial charge on any atom is -0.497 e. The molecule has 2 aromatic heterocycles. The molecule has 1 aromatic carbocycles. The topological polar surface area (TPSA) is 85.1 Å². The second-order valence-electron chi connectivity index (χ2n) is 7.32. The largest absolute Gasteiger partial charge is 0.497 e. The molecule has 0 saturated carbocycles. The third kappa shape index (κ3) is 2.62. The summed E-state index contributed by atoms with van der Waals surface area (Å²) in [6.07, 6.45) is 2.12. The molecule has 1 unspecified atom stereocenters. The van der Waals surface area contributed by atoms with Gasteiger partial charge in [-0.05, 0) is 30.3 Å². The number of benzene rings is 1. The second-order valence-corrected chi connectivity index (χ2v) is 7.32. The van der Waals surface area contributed by atoms with Gasteiger partial charge in [0.15, 0.2) is 5.60 Å². The quantitative estimate of drug-likeness (QED) is 0.685. The number of ether oxygens (including phenoxy) is 2. The predicted molar refractivity (Wildman–Crippen MR) is 101 cm³/mol. The van der Waals surface area contributed by atoms with Crippen LogP contribution in [0.25, 0.3) is 16.9 Å². The number of nitrogens with zero attached hydrogens (tertiary/aromatic N) is 6. The van der Waals surface area contributed by atoms with Gasteiger partial charge in [0, 0.05) is 25.6 Å². The first-order valence-electron chi connectivity index (χ1n) is 9.11. The summed E-state index contributed by atoms with van der Waals surface area (Å²) < 4.78 is 12.6. The molecule has 4 heterocycles. The first kappa shape index (κ1) is 16.8. The van der Waals surface area contributed by atoms with Gasteiger partial charge in [0.25, 0.3) is 0 Å². The Morgan fingerprint density at radius 3 is 2.75 bits per heavy atom. The third-order valence-corrected chi connectivity index (χ3v) is 5.43. The monoisotopic (exact) mass is 380 g/mol. The standard InChI is InChI=1S/C19H20N6O3/c1-23-10-19(28-18(23)26)7-8-24(11-19)16-9-15(22-25-12-20-21-17(16)25)13-3-5-14(27-2)6-4-13/h3-6,9,12H,7-8,10-11H2,1-2H3. The van der Waals surface area contributed by atoms with Crippen LogP contribution in [0.2, 0.25) is 0 Å². The van der Waals surface area contributed by atoms with Crippen LogP contribution < -0.4 is 9.64 Å². The van der Waals surface area contributed by atoms with Crippen molar-refractivity contribution in [2.75, 3.05) is 38.7 Å². The molecule has 9 nitrogen and oxygen atoms in total. The Morgan fingerprint density at radius 1 is 1.21 bits per heavy atom. The van der Waals surface area contributed by atoms with Crippen LogP contribution in [0.4, 0.5) is 10.5 Å². The Balaban J connectivity index is 1.52. The fraction of sp³-hybridized carbons (Fsp3) is 0.368. The number of aromatic nitrogens is 4. The summed E-state index contributed by atoms with van der Waals surface area (Å²) in [6.45, 7) is 2.00. The lowest BCUT2D eigenvalue weighted by Crippen LogP contribution is -2.37. The number of methoxy groups -OCH3 is 1. The van der Waals surface area contributed by atoms with E-state index >= 15 is 0 Å². The molecule has 28 heavy (non-hydrogen) atoms. The van der Waals surface area contributed by atoms with Gasteiger partial charge in [0.2, 0.25) is 5.65 Å². The highest BCUT2D eigenvalue weighted by Gasteiger charge is 2.49. The zero-order chi connectivity index (χ0) is 19.3. The summed E-state index contributed by atoms with van der Waals surface area (Å²) in [4.78, 5) is 15.7. The summed E-state index contributed by atoms with van der Waals surface area (Å²) in [5, 5.41) is 12.9. The van der Waals surface area contributed by atoms with E-state index in [-0.39, 0.29) is 6.09 Å². The molecule has 0 bridgehead atoms. The maximum absolute atomic E-state index is 11.9. The number of carbonyl (C=O) groups excluding carboxylic acids is 1. The lowest BCUT2D eigenvalue weighted by molar-refractivity contribution is 0.0742. The van der Waals surface area contributed by atoms with Crippen molar-refractivity contribution >= 4 is 17.4 Å². The first-order valence-corrected chi connectivity index (χ1v) is 9.11. The van der Waals surface area contributed by atoms with Crippen molar-refractivity contribution in [1.29, 1.82) is 0 Å². The van der Waals surface area contributed by atoms with Crippen molar-refractivity contribution in [2.45, 2.75) is 12.0 Å². The van der Waals surface area contributed by atoms with Gasteiger partial charge in [-0.25, -0.2) is 4.79 Å². The summed E-state index contributed by atoms with van der Waals surface area (Å²) >= 11 is 0. The zero-order valence-electron chi connectivity index (χ0n) is 15.7. The second kappa shape index (κ2) is 6.08. The minimum atomic E-state index is -0.466. The van der Waals surface area contributed by atoms with Gasteiger partial charge in [-0.15, -0.1) is 10.2 Å². The zero-order valence-corrected chi connectivity index (χ0v) is 15.7. The van der Waals surface area contributed by atoms with E-state index in [1.165, 1.54) is 0 Å². The number of amides is 1. The van der Waals surface area contributed by atoms with Crippen molar-refractivity contribution in [3.63, 3.8) is 0 Å². The molecule has 2 aliphatic rings. The van der Waals surface area contributed by atoms with Crippen molar-refractivity contribution in [1.82, 2.24) is 24.7 Å². The normalized spacial score (nSPS) is 21.7. The Hall–Kier alpha value is -3.36. The van der Waals surface area contributed by atoms with Gasteiger partial charge in [-0.3, -0.25) is 0 Å². The molecule has 0 radical (unpaired) electrons. The Bertz CT molecular complexity index is 1050. The highest BCUT2D eigenvalue weighted by Crippen LogP contribution is 2.36. The van der Waals surface area contributed by atoms with Crippen LogP contribution in [0.3, 0.4) is 0 Å². The molecule has 144 valence electrons. The van der Waals surface area contributed by atoms with E-state index in [1.54, 1.807) is 29.9 Å². The first-order chi connectivity index (χ1) is 13.6. The molecule has 3 aromatic rings. The number of carbonyl (C=O) groups is 1. The summed E-state index contributed by atoms with van der Waals surface area (Å²) in [7, 11) is 3.41. The Kier molecular flexibility index (Phi) is 3.65. The third-order valence-electron chi connectivity index (χ3n) is 5.43. The van der Waals surface area contributed by atoms with E-state index in [1.807, 2.05) is 30.3 Å². The molecular weight excluding hydrogens is 360 g/mol. The molecule has 0 aliphatic carbocycles. The average Bonchev–Trinajstić information content (AvgIpc) is 3.40. The molecule has 1 spiro atoms. The summed E-state index contributed by atoms with van der Waals surface area (Å²) in [5.74, 6) is 0.794. The van der Waals surface area contributed by atoms with Crippen molar-refractivity contribution < 1.29 is 14.3 Å². The van der Waals surface area contributed by atoms with Crippen molar-refractivity contribution in [3.8, 4) is 17.0 Å². The number of rotatable bonds is 3. The van der Waals surface area contributed by atoms with Crippen LogP contribution in [-0.4, -0.2) is 70.2 Å². The summed E-state index contributed by atoms with van der Waals surface area (Å²) in [6, 6.07) is 9.78. The maximum atomic E-state index is 11.9. The number of hydrogen-bond acceptors (Lipinski definition) is 7. The smallest absolute Gasteiger partial charge is 0.410 e. The number of fused-ring (bicyclic) bond motifs is 1. The highest BCUT2D eigenvalue weighted by atomic mass is 16.6. The van der Waals surface area contributed by atoms with Gasteiger partial charge < -0.3 is 19.3 Å². The van der Waals surface area contributed by atoms with Gasteiger partial charge in [-0.2, -0.15) is 9.61 Å². The molecule has 1 amide bonds. The van der Waals surface area contributed by atoms with E-state index in [4.69, 9.17) is 9.47 Å². The van der Waals surface area contributed by atoms with Gasteiger partial charge in [0.05, 0.1) is 31.6 Å². The minimum absolute atomic E-state index is 0.261. The van der Waals surface area contributed by atoms with E-state index in [0.717, 1.165) is 35.7 Å². The number of hydrogen-bond donors (Lipinski definition) is 0. The van der Waals surface area contributed by atoms with E-state index in [2.05, 4.69) is 20.2 Å². The van der Waals surface area contributed by atoms with Gasteiger partial charge in [0.1, 0.15) is 12.1 Å². The van der Waals surface area contributed by atoms with Crippen LogP contribution in [0.5, 0.6) is 5.75 Å². The molecule has 0 N–H and O–H groups in total. The molecule has 5 rings (SSSR count). The highest BCUT2D eigenvalue weighted by molar-refractivity contribution is 5.76. The SMILES string of the molecule is COc1ccc(-c2cc(N3CCC4(CN(C)C(=O)O4)C3)c3nncn3n2)cc1. The lowest BCUT2D eigenvalue weighted by Gasteiger charge is -2.23. The fourth-order valence-corrected chi connectivity index (χ4v) is 4.00. The van der Waals surface area contributed by atoms with E-state index in [0.29, 0.717) is 18.7 Å². The average molecular weight is 380 g/mol. The van der Waals surface area contributed by atoms with E-state index in [9.17, 15) is 4.79 Å². The molecule has 2 aliphatic heterocycles. The molecule has 1 atom stereocenters. The molecule has 2 saturated heterocycles. The van der Waals surface area contributed by atoms with Gasteiger partial charge in [-0.1, -0.05) is 0 Å². The number of anilines is 1. The van der Waals surface area contributed by atoms with Gasteiger partial charge >= 0.3 is 6.09 Å². The van der Waals surface area contributed by atoms with Crippen LogP contribution in [0.1, 0.15) is 6.42 Å². The molecule has 9 heteroatoms. The lowest BCUT2D eigenvalue weighted by atomic mass is 10.0. The van der Waals surface area contributed by atoms with E-state index < -0.39 is 5.60 Å².